The molecule has 3 aromatic rings. The first-order chi connectivity index (χ1) is 13.5. The number of benzene rings is 2. The van der Waals surface area contributed by atoms with Crippen LogP contribution in [0.1, 0.15) is 52.4 Å². The lowest BCUT2D eigenvalue weighted by molar-refractivity contribution is -0.121. The quantitative estimate of drug-likeness (QED) is 0.730. The van der Waals surface area contributed by atoms with E-state index in [1.54, 1.807) is 0 Å². The highest BCUT2D eigenvalue weighted by atomic mass is 16.1. The molecule has 0 spiro atoms. The average Bonchev–Trinajstić information content (AvgIpc) is 3.08. The maximum Gasteiger partial charge on any atom is 0.224 e. The van der Waals surface area contributed by atoms with E-state index in [1.807, 2.05) is 24.4 Å². The van der Waals surface area contributed by atoms with E-state index in [1.165, 1.54) is 16.8 Å². The molecule has 1 N–H and O–H groups in total. The highest BCUT2D eigenvalue weighted by Gasteiger charge is 2.26. The molecular formula is C24H27N3O. The summed E-state index contributed by atoms with van der Waals surface area (Å²) in [5.41, 5.74) is 8.19. The molecular weight excluding hydrogens is 346 g/mol. The lowest BCUT2D eigenvalue weighted by Crippen LogP contribution is -2.32. The number of aryl methyl sites for hydroxylation is 3. The molecule has 28 heavy (non-hydrogen) atoms. The molecule has 1 aromatic heterocycles. The maximum atomic E-state index is 12.7. The fourth-order valence-electron chi connectivity index (χ4n) is 4.23. The number of rotatable bonds is 4. The Morgan fingerprint density at radius 3 is 2.64 bits per heavy atom. The lowest BCUT2D eigenvalue weighted by Gasteiger charge is -2.24. The predicted octanol–water partition coefficient (Wildman–Crippen LogP) is 4.53. The predicted molar refractivity (Wildman–Crippen MR) is 112 cm³/mol. The van der Waals surface area contributed by atoms with E-state index in [2.05, 4.69) is 60.1 Å². The van der Waals surface area contributed by atoms with E-state index in [9.17, 15) is 4.79 Å². The molecule has 0 fully saturated rings. The summed E-state index contributed by atoms with van der Waals surface area (Å²) in [6.07, 6.45) is 5.37. The summed E-state index contributed by atoms with van der Waals surface area (Å²) < 4.78 is 2.05. The molecule has 144 valence electrons. The first-order valence-corrected chi connectivity index (χ1v) is 10.0. The van der Waals surface area contributed by atoms with E-state index >= 15 is 0 Å². The van der Waals surface area contributed by atoms with Crippen molar-refractivity contribution in [2.24, 2.45) is 0 Å². The van der Waals surface area contributed by atoms with Gasteiger partial charge in [0.15, 0.2) is 0 Å². The smallest absolute Gasteiger partial charge is 0.224 e. The van der Waals surface area contributed by atoms with Crippen LogP contribution in [0.15, 0.2) is 48.7 Å². The number of hydrogen-bond donors (Lipinski definition) is 1. The van der Waals surface area contributed by atoms with Crippen molar-refractivity contribution in [3.8, 4) is 5.69 Å². The highest BCUT2D eigenvalue weighted by Crippen LogP contribution is 2.31. The number of amides is 1. The van der Waals surface area contributed by atoms with Gasteiger partial charge in [-0.2, -0.15) is 5.10 Å². The minimum Gasteiger partial charge on any atom is -0.349 e. The Bertz CT molecular complexity index is 998. The third kappa shape index (κ3) is 3.72. The van der Waals surface area contributed by atoms with Gasteiger partial charge < -0.3 is 5.32 Å². The standard InChI is InChI=1S/C24H27N3O/c1-16-11-17(2)13-20(12-16)27-23-10-6-9-22(21(23)15-25-27)26-24(28)14-19-8-5-4-7-18(19)3/h4-5,7-8,11-13,15,22H,6,9-10,14H2,1-3H3,(H,26,28). The first kappa shape index (κ1) is 18.5. The van der Waals surface area contributed by atoms with Gasteiger partial charge in [0.1, 0.15) is 0 Å². The molecule has 0 radical (unpaired) electrons. The SMILES string of the molecule is Cc1cc(C)cc(-n2ncc3c2CCCC3NC(=O)Cc2ccccc2C)c1. The van der Waals surface area contributed by atoms with E-state index in [-0.39, 0.29) is 11.9 Å². The molecule has 4 heteroatoms. The van der Waals surface area contributed by atoms with Crippen LogP contribution < -0.4 is 5.32 Å². The maximum absolute atomic E-state index is 12.7. The van der Waals surface area contributed by atoms with Gasteiger partial charge in [0.25, 0.3) is 0 Å². The Morgan fingerprint density at radius 2 is 1.89 bits per heavy atom. The van der Waals surface area contributed by atoms with E-state index in [4.69, 9.17) is 0 Å². The van der Waals surface area contributed by atoms with Gasteiger partial charge in [-0.3, -0.25) is 4.79 Å². The number of nitrogens with zero attached hydrogens (tertiary/aromatic N) is 2. The Balaban J connectivity index is 1.56. The summed E-state index contributed by atoms with van der Waals surface area (Å²) in [6.45, 7) is 6.28. The minimum atomic E-state index is 0.0416. The second kappa shape index (κ2) is 7.63. The first-order valence-electron chi connectivity index (χ1n) is 10.0. The van der Waals surface area contributed by atoms with Crippen LogP contribution in [-0.2, 0) is 17.6 Å². The van der Waals surface area contributed by atoms with Crippen LogP contribution in [0.5, 0.6) is 0 Å². The molecule has 0 saturated heterocycles. The molecule has 1 unspecified atom stereocenters. The van der Waals surface area contributed by atoms with Crippen LogP contribution in [0.25, 0.3) is 5.69 Å². The van der Waals surface area contributed by atoms with Crippen molar-refractivity contribution in [3.63, 3.8) is 0 Å². The van der Waals surface area contributed by atoms with Gasteiger partial charge in [-0.05, 0) is 74.4 Å². The summed E-state index contributed by atoms with van der Waals surface area (Å²) in [4.78, 5) is 12.7. The van der Waals surface area contributed by atoms with Crippen LogP contribution in [-0.4, -0.2) is 15.7 Å². The normalized spacial score (nSPS) is 15.9. The largest absolute Gasteiger partial charge is 0.349 e. The monoisotopic (exact) mass is 373 g/mol. The fourth-order valence-corrected chi connectivity index (χ4v) is 4.23. The number of carbonyl (C=O) groups excluding carboxylic acids is 1. The van der Waals surface area contributed by atoms with E-state index in [0.29, 0.717) is 6.42 Å². The van der Waals surface area contributed by atoms with Crippen LogP contribution in [0.2, 0.25) is 0 Å². The van der Waals surface area contributed by atoms with Crippen LogP contribution in [0.3, 0.4) is 0 Å². The van der Waals surface area contributed by atoms with Gasteiger partial charge in [0.05, 0.1) is 24.3 Å². The minimum absolute atomic E-state index is 0.0416. The molecule has 4 rings (SSSR count). The van der Waals surface area contributed by atoms with Gasteiger partial charge in [0.2, 0.25) is 5.91 Å². The van der Waals surface area contributed by atoms with Crippen molar-refractivity contribution in [3.05, 3.63) is 82.2 Å². The second-order valence-corrected chi connectivity index (χ2v) is 7.92. The molecule has 1 atom stereocenters. The zero-order chi connectivity index (χ0) is 19.7. The van der Waals surface area contributed by atoms with Crippen molar-refractivity contribution >= 4 is 5.91 Å². The Labute approximate surface area is 166 Å². The topological polar surface area (TPSA) is 46.9 Å². The number of aromatic nitrogens is 2. The summed E-state index contributed by atoms with van der Waals surface area (Å²) in [5, 5.41) is 7.92. The molecule has 0 bridgehead atoms. The molecule has 1 amide bonds. The number of hydrogen-bond acceptors (Lipinski definition) is 2. The zero-order valence-corrected chi connectivity index (χ0v) is 16.8. The lowest BCUT2D eigenvalue weighted by atomic mass is 9.92. The Hall–Kier alpha value is -2.88. The van der Waals surface area contributed by atoms with Crippen molar-refractivity contribution in [2.75, 3.05) is 0 Å². The van der Waals surface area contributed by atoms with Gasteiger partial charge >= 0.3 is 0 Å². The van der Waals surface area contributed by atoms with Crippen molar-refractivity contribution < 1.29 is 4.79 Å². The third-order valence-electron chi connectivity index (χ3n) is 5.58. The molecule has 1 aliphatic carbocycles. The number of carbonyl (C=O) groups is 1. The summed E-state index contributed by atoms with van der Waals surface area (Å²) in [6, 6.07) is 14.6. The van der Waals surface area contributed by atoms with Gasteiger partial charge in [0, 0.05) is 11.3 Å². The van der Waals surface area contributed by atoms with Crippen molar-refractivity contribution in [1.82, 2.24) is 15.1 Å². The Morgan fingerprint density at radius 1 is 1.14 bits per heavy atom. The van der Waals surface area contributed by atoms with Crippen LogP contribution in [0, 0.1) is 20.8 Å². The Kier molecular flexibility index (Phi) is 5.03. The molecule has 0 saturated carbocycles. The molecule has 0 aliphatic heterocycles. The van der Waals surface area contributed by atoms with Gasteiger partial charge in [-0.1, -0.05) is 30.3 Å². The molecule has 2 aromatic carbocycles. The zero-order valence-electron chi connectivity index (χ0n) is 16.8. The van der Waals surface area contributed by atoms with Crippen molar-refractivity contribution in [1.29, 1.82) is 0 Å². The fraction of sp³-hybridized carbons (Fsp3) is 0.333. The number of fused-ring (bicyclic) bond motifs is 1. The van der Waals surface area contributed by atoms with E-state index in [0.717, 1.165) is 41.6 Å². The molecule has 1 aliphatic rings. The third-order valence-corrected chi connectivity index (χ3v) is 5.58. The van der Waals surface area contributed by atoms with Crippen molar-refractivity contribution in [2.45, 2.75) is 52.5 Å². The molecule has 1 heterocycles. The average molecular weight is 374 g/mol. The van der Waals surface area contributed by atoms with Gasteiger partial charge in [-0.25, -0.2) is 4.68 Å². The van der Waals surface area contributed by atoms with Crippen LogP contribution in [0.4, 0.5) is 0 Å². The van der Waals surface area contributed by atoms with Crippen LogP contribution >= 0.6 is 0 Å². The summed E-state index contributed by atoms with van der Waals surface area (Å²) in [7, 11) is 0. The second-order valence-electron chi connectivity index (χ2n) is 7.92. The summed E-state index contributed by atoms with van der Waals surface area (Å²) >= 11 is 0. The summed E-state index contributed by atoms with van der Waals surface area (Å²) in [5.74, 6) is 0.0753. The highest BCUT2D eigenvalue weighted by molar-refractivity contribution is 5.79. The van der Waals surface area contributed by atoms with E-state index < -0.39 is 0 Å². The number of nitrogens with one attached hydrogen (secondary N) is 1. The molecule has 4 nitrogen and oxygen atoms in total. The van der Waals surface area contributed by atoms with Gasteiger partial charge in [-0.15, -0.1) is 0 Å².